The lowest BCUT2D eigenvalue weighted by molar-refractivity contribution is -0.0863. The maximum atomic E-state index is 13.1. The number of hydrogen-bond acceptors (Lipinski definition) is 1. The van der Waals surface area contributed by atoms with Crippen molar-refractivity contribution in [3.05, 3.63) is 70.3 Å². The Hall–Kier alpha value is -2.38. The van der Waals surface area contributed by atoms with E-state index in [4.69, 9.17) is 16.3 Å². The molecular weight excluding hydrogens is 325 g/mol. The maximum Gasteiger partial charge on any atom is 0.424 e. The van der Waals surface area contributed by atoms with Crippen LogP contribution in [0.1, 0.15) is 11.1 Å². The van der Waals surface area contributed by atoms with Crippen LogP contribution in [0.5, 0.6) is 5.75 Å². The molecule has 0 atom stereocenters. The molecule has 0 bridgehead atoms. The summed E-state index contributed by atoms with van der Waals surface area (Å²) in [4.78, 5) is 0. The number of hydrogen-bond donors (Lipinski definition) is 0. The molecule has 0 unspecified atom stereocenters. The molecule has 2 rings (SSSR count). The average molecular weight is 337 g/mol. The van der Waals surface area contributed by atoms with Gasteiger partial charge in [-0.3, -0.25) is 0 Å². The van der Waals surface area contributed by atoms with Crippen LogP contribution < -0.4 is 4.74 Å². The molecule has 2 aromatic carbocycles. The van der Waals surface area contributed by atoms with Crippen molar-refractivity contribution in [3.63, 3.8) is 0 Å². The van der Waals surface area contributed by atoms with E-state index in [2.05, 4.69) is 11.8 Å². The zero-order valence-electron chi connectivity index (χ0n) is 12.1. The van der Waals surface area contributed by atoms with Crippen molar-refractivity contribution in [2.24, 2.45) is 0 Å². The van der Waals surface area contributed by atoms with E-state index in [-0.39, 0.29) is 0 Å². The molecule has 1 nitrogen and oxygen atoms in total. The van der Waals surface area contributed by atoms with Gasteiger partial charge in [-0.15, -0.1) is 0 Å². The number of allylic oxidation sites excluding steroid dienone is 1. The van der Waals surface area contributed by atoms with E-state index in [0.29, 0.717) is 21.9 Å². The van der Waals surface area contributed by atoms with E-state index < -0.39 is 11.7 Å². The van der Waals surface area contributed by atoms with E-state index >= 15 is 0 Å². The minimum absolute atomic E-state index is 0.380. The van der Waals surface area contributed by atoms with Crippen molar-refractivity contribution < 1.29 is 17.9 Å². The molecule has 0 radical (unpaired) electrons. The van der Waals surface area contributed by atoms with Crippen molar-refractivity contribution in [1.82, 2.24) is 0 Å². The minimum Gasteiger partial charge on any atom is -0.497 e. The van der Waals surface area contributed by atoms with Crippen LogP contribution in [0.25, 0.3) is 6.08 Å². The predicted octanol–water partition coefficient (Wildman–Crippen LogP) is 5.35. The lowest BCUT2D eigenvalue weighted by Gasteiger charge is -2.05. The average Bonchev–Trinajstić information content (AvgIpc) is 2.52. The van der Waals surface area contributed by atoms with Crippen LogP contribution in [0.3, 0.4) is 0 Å². The molecule has 118 valence electrons. The fourth-order valence-electron chi connectivity index (χ4n) is 1.73. The largest absolute Gasteiger partial charge is 0.497 e. The summed E-state index contributed by atoms with van der Waals surface area (Å²) in [5.74, 6) is 5.32. The highest BCUT2D eigenvalue weighted by Crippen LogP contribution is 2.27. The second-order valence-electron chi connectivity index (χ2n) is 4.59. The Labute approximate surface area is 137 Å². The summed E-state index contributed by atoms with van der Waals surface area (Å²) in [6, 6.07) is 12.5. The van der Waals surface area contributed by atoms with Gasteiger partial charge in [0.05, 0.1) is 7.11 Å². The Morgan fingerprint density at radius 1 is 1.04 bits per heavy atom. The molecule has 2 aromatic rings. The van der Waals surface area contributed by atoms with Gasteiger partial charge in [-0.05, 0) is 48.0 Å². The molecule has 23 heavy (non-hydrogen) atoms. The summed E-state index contributed by atoms with van der Waals surface area (Å²) in [5, 5.41) is 0.458. The van der Waals surface area contributed by atoms with E-state index in [9.17, 15) is 13.2 Å². The van der Waals surface area contributed by atoms with Crippen molar-refractivity contribution in [1.29, 1.82) is 0 Å². The third kappa shape index (κ3) is 5.08. The molecule has 0 aliphatic rings. The van der Waals surface area contributed by atoms with Crippen LogP contribution in [0, 0.1) is 11.8 Å². The van der Waals surface area contributed by atoms with E-state index in [0.717, 1.165) is 6.08 Å². The topological polar surface area (TPSA) is 9.23 Å². The van der Waals surface area contributed by atoms with Crippen molar-refractivity contribution >= 4 is 17.7 Å². The first-order chi connectivity index (χ1) is 10.9. The highest BCUT2D eigenvalue weighted by Gasteiger charge is 2.32. The van der Waals surface area contributed by atoms with Gasteiger partial charge in [0.2, 0.25) is 0 Å². The third-order valence-corrected chi connectivity index (χ3v) is 3.17. The lowest BCUT2D eigenvalue weighted by atomic mass is 10.1. The first kappa shape index (κ1) is 17.0. The molecule has 5 heteroatoms. The van der Waals surface area contributed by atoms with E-state index in [1.54, 1.807) is 24.3 Å². The highest BCUT2D eigenvalue weighted by atomic mass is 35.5. The zero-order chi connectivity index (χ0) is 16.9. The molecule has 0 aromatic heterocycles. The van der Waals surface area contributed by atoms with Crippen LogP contribution in [0.15, 0.2) is 54.1 Å². The molecule has 0 saturated heterocycles. The summed E-state index contributed by atoms with van der Waals surface area (Å²) >= 11 is 5.72. The van der Waals surface area contributed by atoms with Gasteiger partial charge in [0.1, 0.15) is 11.3 Å². The minimum atomic E-state index is -4.53. The van der Waals surface area contributed by atoms with Crippen molar-refractivity contribution in [2.45, 2.75) is 6.18 Å². The molecule has 0 N–H and O–H groups in total. The molecule has 0 saturated carbocycles. The van der Waals surface area contributed by atoms with Gasteiger partial charge in [-0.1, -0.05) is 35.6 Å². The number of methoxy groups -OCH3 is 1. The van der Waals surface area contributed by atoms with Crippen LogP contribution in [-0.2, 0) is 0 Å². The molecule has 0 aliphatic heterocycles. The molecular formula is C18H12ClF3O. The molecule has 0 fully saturated rings. The molecule has 0 aliphatic carbocycles. The Kier molecular flexibility index (Phi) is 5.36. The summed E-state index contributed by atoms with van der Waals surface area (Å²) in [6.07, 6.45) is -3.54. The quantitative estimate of drug-likeness (QED) is 0.672. The fourth-order valence-corrected chi connectivity index (χ4v) is 1.85. The van der Waals surface area contributed by atoms with Gasteiger partial charge in [-0.25, -0.2) is 0 Å². The predicted molar refractivity (Wildman–Crippen MR) is 85.4 cm³/mol. The summed E-state index contributed by atoms with van der Waals surface area (Å²) < 4.78 is 44.3. The summed E-state index contributed by atoms with van der Waals surface area (Å²) in [6.45, 7) is 0. The monoisotopic (exact) mass is 336 g/mol. The van der Waals surface area contributed by atoms with Gasteiger partial charge >= 0.3 is 6.18 Å². The standard InChI is InChI=1S/C18H12ClF3O/c1-23-17-10-5-13(6-11-17)2-7-15(18(20,21)22)12-14-3-8-16(19)9-4-14/h3-6,8-12H,1H3. The number of rotatable bonds is 2. The second-order valence-corrected chi connectivity index (χ2v) is 5.02. The first-order valence-corrected chi connectivity index (χ1v) is 6.97. The Bertz CT molecular complexity index is 748. The number of benzene rings is 2. The Balaban J connectivity index is 2.33. The second kappa shape index (κ2) is 7.26. The summed E-state index contributed by atoms with van der Waals surface area (Å²) in [7, 11) is 1.51. The molecule has 0 heterocycles. The maximum absolute atomic E-state index is 13.1. The zero-order valence-corrected chi connectivity index (χ0v) is 12.9. The van der Waals surface area contributed by atoms with Crippen molar-refractivity contribution in [2.75, 3.05) is 7.11 Å². The van der Waals surface area contributed by atoms with E-state index in [1.165, 1.54) is 31.4 Å². The number of alkyl halides is 3. The normalized spacial score (nSPS) is 11.6. The van der Waals surface area contributed by atoms with Gasteiger partial charge in [0.25, 0.3) is 0 Å². The van der Waals surface area contributed by atoms with Gasteiger partial charge in [-0.2, -0.15) is 13.2 Å². The summed E-state index contributed by atoms with van der Waals surface area (Å²) in [5.41, 5.74) is -0.0709. The van der Waals surface area contributed by atoms with Crippen LogP contribution in [-0.4, -0.2) is 13.3 Å². The first-order valence-electron chi connectivity index (χ1n) is 6.59. The SMILES string of the molecule is COc1ccc(C#CC(=Cc2ccc(Cl)cc2)C(F)(F)F)cc1. The molecule has 0 amide bonds. The smallest absolute Gasteiger partial charge is 0.424 e. The van der Waals surface area contributed by atoms with Gasteiger partial charge in [0.15, 0.2) is 0 Å². The fraction of sp³-hybridized carbons (Fsp3) is 0.111. The molecule has 0 spiro atoms. The third-order valence-electron chi connectivity index (χ3n) is 2.92. The van der Waals surface area contributed by atoms with Crippen LogP contribution in [0.4, 0.5) is 13.2 Å². The van der Waals surface area contributed by atoms with Crippen LogP contribution >= 0.6 is 11.6 Å². The van der Waals surface area contributed by atoms with Crippen LogP contribution in [0.2, 0.25) is 5.02 Å². The van der Waals surface area contributed by atoms with Crippen molar-refractivity contribution in [3.8, 4) is 17.6 Å². The van der Waals surface area contributed by atoms with Gasteiger partial charge in [0, 0.05) is 10.6 Å². The van der Waals surface area contributed by atoms with E-state index in [1.807, 2.05) is 0 Å². The number of ether oxygens (including phenoxy) is 1. The van der Waals surface area contributed by atoms with Gasteiger partial charge < -0.3 is 4.74 Å². The Morgan fingerprint density at radius 3 is 2.17 bits per heavy atom. The highest BCUT2D eigenvalue weighted by molar-refractivity contribution is 6.30. The lowest BCUT2D eigenvalue weighted by Crippen LogP contribution is -2.10. The number of halogens is 4. The Morgan fingerprint density at radius 2 is 1.65 bits per heavy atom.